The minimum absolute atomic E-state index is 0.0984. The van der Waals surface area contributed by atoms with Gasteiger partial charge in [-0.25, -0.2) is 0 Å². The van der Waals surface area contributed by atoms with Crippen molar-refractivity contribution in [2.24, 2.45) is 0 Å². The molecule has 35 heavy (non-hydrogen) atoms. The number of fused-ring (bicyclic) bond motifs is 1. The fourth-order valence-electron chi connectivity index (χ4n) is 4.06. The number of rotatable bonds is 10. The molecule has 9 heteroatoms. The molecule has 0 radical (unpaired) electrons. The van der Waals surface area contributed by atoms with Crippen LogP contribution in [0.15, 0.2) is 48.5 Å². The topological polar surface area (TPSA) is 99.9 Å². The highest BCUT2D eigenvalue weighted by atomic mass is 35.5. The zero-order valence-corrected chi connectivity index (χ0v) is 20.7. The molecule has 3 aromatic carbocycles. The Hall–Kier alpha value is -3.15. The van der Waals surface area contributed by atoms with Crippen molar-refractivity contribution in [2.45, 2.75) is 18.6 Å². The van der Waals surface area contributed by atoms with Gasteiger partial charge in [-0.2, -0.15) is 5.26 Å². The standard InChI is InChI=1S/C26H24Cl2N2O5/c1-34-23(32)15-30(14-18(9-10-31)16-7-8-21(27)22(28)12-16)26(33)24-20-6-4-3-5-17(20)11-19(13-29)25(24)35-2/h3-8,10-12,18,26,33H,9,14-15H2,1-2H3. The molecule has 2 unspecified atom stereocenters. The van der Waals surface area contributed by atoms with Crippen molar-refractivity contribution < 1.29 is 24.2 Å². The average molecular weight is 515 g/mol. The number of esters is 1. The number of nitriles is 1. The number of carbonyl (C=O) groups excluding carboxylic acids is 2. The van der Waals surface area contributed by atoms with Gasteiger partial charge in [0.25, 0.3) is 0 Å². The van der Waals surface area contributed by atoms with Crippen LogP contribution in [0.3, 0.4) is 0 Å². The summed E-state index contributed by atoms with van der Waals surface area (Å²) in [5, 5.41) is 23.4. The molecule has 0 aromatic heterocycles. The van der Waals surface area contributed by atoms with E-state index in [4.69, 9.17) is 32.7 Å². The lowest BCUT2D eigenvalue weighted by Gasteiger charge is -2.32. The third-order valence-electron chi connectivity index (χ3n) is 5.78. The number of hydrogen-bond acceptors (Lipinski definition) is 7. The van der Waals surface area contributed by atoms with Crippen molar-refractivity contribution in [1.82, 2.24) is 4.90 Å². The lowest BCUT2D eigenvalue weighted by atomic mass is 9.94. The van der Waals surface area contributed by atoms with Crippen LogP contribution in [0, 0.1) is 11.3 Å². The minimum atomic E-state index is -1.36. The Kier molecular flexibility index (Phi) is 9.07. The summed E-state index contributed by atoms with van der Waals surface area (Å²) < 4.78 is 10.4. The number of methoxy groups -OCH3 is 2. The molecule has 0 bridgehead atoms. The number of aliphatic hydroxyl groups is 1. The van der Waals surface area contributed by atoms with Crippen molar-refractivity contribution in [1.29, 1.82) is 5.26 Å². The van der Waals surface area contributed by atoms with Gasteiger partial charge in [-0.05, 0) is 34.5 Å². The van der Waals surface area contributed by atoms with Crippen LogP contribution >= 0.6 is 23.2 Å². The lowest BCUT2D eigenvalue weighted by Crippen LogP contribution is -2.37. The smallest absolute Gasteiger partial charge is 0.319 e. The van der Waals surface area contributed by atoms with Crippen molar-refractivity contribution >= 4 is 46.2 Å². The van der Waals surface area contributed by atoms with E-state index in [1.54, 1.807) is 36.4 Å². The van der Waals surface area contributed by atoms with Crippen LogP contribution in [-0.2, 0) is 14.3 Å². The Morgan fingerprint density at radius 3 is 2.54 bits per heavy atom. The molecular weight excluding hydrogens is 491 g/mol. The molecular formula is C26H24Cl2N2O5. The van der Waals surface area contributed by atoms with Crippen molar-refractivity contribution in [3.63, 3.8) is 0 Å². The summed E-state index contributed by atoms with van der Waals surface area (Å²) >= 11 is 12.2. The summed E-state index contributed by atoms with van der Waals surface area (Å²) in [4.78, 5) is 25.3. The maximum Gasteiger partial charge on any atom is 0.319 e. The Balaban J connectivity index is 2.13. The predicted octanol–water partition coefficient (Wildman–Crippen LogP) is 4.87. The second-order valence-electron chi connectivity index (χ2n) is 7.86. The highest BCUT2D eigenvalue weighted by molar-refractivity contribution is 6.42. The minimum Gasteiger partial charge on any atom is -0.495 e. The van der Waals surface area contributed by atoms with Gasteiger partial charge in [0.2, 0.25) is 0 Å². The molecule has 2 atom stereocenters. The molecule has 0 saturated carbocycles. The molecule has 0 heterocycles. The maximum atomic E-state index is 12.3. The summed E-state index contributed by atoms with van der Waals surface area (Å²) in [7, 11) is 2.66. The number of halogens is 2. The van der Waals surface area contributed by atoms with E-state index in [1.807, 2.05) is 12.1 Å². The summed E-state index contributed by atoms with van der Waals surface area (Å²) in [5.41, 5.74) is 1.30. The first kappa shape index (κ1) is 26.5. The molecule has 0 aliphatic rings. The van der Waals surface area contributed by atoms with Crippen LogP contribution in [0.5, 0.6) is 5.75 Å². The average Bonchev–Trinajstić information content (AvgIpc) is 2.87. The second-order valence-corrected chi connectivity index (χ2v) is 8.67. The molecule has 182 valence electrons. The van der Waals surface area contributed by atoms with Gasteiger partial charge in [-0.15, -0.1) is 0 Å². The number of aliphatic hydroxyl groups excluding tert-OH is 1. The van der Waals surface area contributed by atoms with Crippen molar-refractivity contribution in [3.8, 4) is 11.8 Å². The molecule has 3 rings (SSSR count). The van der Waals surface area contributed by atoms with E-state index < -0.39 is 18.1 Å². The van der Waals surface area contributed by atoms with Crippen molar-refractivity contribution in [3.05, 3.63) is 75.3 Å². The Morgan fingerprint density at radius 1 is 1.17 bits per heavy atom. The van der Waals surface area contributed by atoms with E-state index in [1.165, 1.54) is 19.1 Å². The Morgan fingerprint density at radius 2 is 1.91 bits per heavy atom. The maximum absolute atomic E-state index is 12.3. The van der Waals surface area contributed by atoms with Crippen LogP contribution in [0.25, 0.3) is 10.8 Å². The quantitative estimate of drug-likeness (QED) is 0.234. The first-order chi connectivity index (χ1) is 16.8. The van der Waals surface area contributed by atoms with Gasteiger partial charge >= 0.3 is 5.97 Å². The Bertz CT molecular complexity index is 1270. The summed E-state index contributed by atoms with van der Waals surface area (Å²) in [6.07, 6.45) is -0.486. The van der Waals surface area contributed by atoms with Gasteiger partial charge in [0.1, 0.15) is 24.3 Å². The van der Waals surface area contributed by atoms with E-state index in [0.717, 1.165) is 17.2 Å². The molecule has 3 aromatic rings. The number of nitrogens with zero attached hydrogens (tertiary/aromatic N) is 2. The molecule has 0 fully saturated rings. The SMILES string of the molecule is COC(=O)CN(CC(CC=O)c1ccc(Cl)c(Cl)c1)C(O)c1c(OC)c(C#N)cc2ccccc12. The summed E-state index contributed by atoms with van der Waals surface area (Å²) in [6, 6.07) is 16.1. The van der Waals surface area contributed by atoms with Gasteiger partial charge in [-0.3, -0.25) is 9.69 Å². The van der Waals surface area contributed by atoms with Crippen LogP contribution < -0.4 is 4.74 Å². The molecule has 0 amide bonds. The number of aldehydes is 1. The van der Waals surface area contributed by atoms with Crippen LogP contribution in [-0.4, -0.2) is 49.6 Å². The molecule has 1 N–H and O–H groups in total. The fraction of sp³-hybridized carbons (Fsp3) is 0.269. The van der Waals surface area contributed by atoms with Gasteiger partial charge < -0.3 is 19.4 Å². The largest absolute Gasteiger partial charge is 0.495 e. The highest BCUT2D eigenvalue weighted by Gasteiger charge is 2.30. The predicted molar refractivity (Wildman–Crippen MR) is 134 cm³/mol. The first-order valence-electron chi connectivity index (χ1n) is 10.7. The lowest BCUT2D eigenvalue weighted by molar-refractivity contribution is -0.145. The van der Waals surface area contributed by atoms with Crippen molar-refractivity contribution in [2.75, 3.05) is 27.3 Å². The molecule has 0 aliphatic carbocycles. The molecule has 0 saturated heterocycles. The number of hydrogen-bond donors (Lipinski definition) is 1. The van der Waals surface area contributed by atoms with E-state index in [9.17, 15) is 20.0 Å². The Labute approximate surface area is 213 Å². The number of benzene rings is 3. The number of carbonyl (C=O) groups is 2. The third-order valence-corrected chi connectivity index (χ3v) is 6.52. The zero-order valence-electron chi connectivity index (χ0n) is 19.2. The third kappa shape index (κ3) is 5.92. The van der Waals surface area contributed by atoms with Gasteiger partial charge in [0.05, 0.1) is 36.4 Å². The van der Waals surface area contributed by atoms with E-state index in [-0.39, 0.29) is 30.8 Å². The monoisotopic (exact) mass is 514 g/mol. The second kappa shape index (κ2) is 12.0. The molecule has 7 nitrogen and oxygen atoms in total. The van der Waals surface area contributed by atoms with Gasteiger partial charge in [-0.1, -0.05) is 53.5 Å². The summed E-state index contributed by atoms with van der Waals surface area (Å²) in [6.45, 7) is -0.177. The normalized spacial score (nSPS) is 12.7. The zero-order chi connectivity index (χ0) is 25.5. The molecule has 0 aliphatic heterocycles. The van der Waals surface area contributed by atoms with E-state index in [2.05, 4.69) is 6.07 Å². The van der Waals surface area contributed by atoms with Gasteiger partial charge in [0.15, 0.2) is 0 Å². The fourth-order valence-corrected chi connectivity index (χ4v) is 4.37. The van der Waals surface area contributed by atoms with Crippen LogP contribution in [0.2, 0.25) is 10.0 Å². The number of ether oxygens (including phenoxy) is 2. The van der Waals surface area contributed by atoms with Crippen LogP contribution in [0.1, 0.15) is 35.3 Å². The van der Waals surface area contributed by atoms with E-state index >= 15 is 0 Å². The molecule has 0 spiro atoms. The highest BCUT2D eigenvalue weighted by Crippen LogP contribution is 2.39. The van der Waals surface area contributed by atoms with E-state index in [0.29, 0.717) is 21.0 Å². The van der Waals surface area contributed by atoms with Crippen LogP contribution in [0.4, 0.5) is 0 Å². The summed E-state index contributed by atoms with van der Waals surface area (Å²) in [5.74, 6) is -0.796. The van der Waals surface area contributed by atoms with Gasteiger partial charge in [0, 0.05) is 24.4 Å². The first-order valence-corrected chi connectivity index (χ1v) is 11.5.